The van der Waals surface area contributed by atoms with Gasteiger partial charge in [-0.05, 0) is 6.07 Å². The molecule has 0 bridgehead atoms. The van der Waals surface area contributed by atoms with Gasteiger partial charge in [-0.15, -0.1) is 0 Å². The van der Waals surface area contributed by atoms with Gasteiger partial charge in [-0.25, -0.2) is 0 Å². The molecule has 0 amide bonds. The van der Waals surface area contributed by atoms with Crippen LogP contribution in [0.15, 0.2) is 34.1 Å². The lowest BCUT2D eigenvalue weighted by atomic mass is 9.81. The van der Waals surface area contributed by atoms with Gasteiger partial charge in [0.05, 0.1) is 25.2 Å². The average Bonchev–Trinajstić information content (AvgIpc) is 2.99. The topological polar surface area (TPSA) is 106 Å². The Hall–Kier alpha value is -2.26. The number of aromatic nitrogens is 1. The summed E-state index contributed by atoms with van der Waals surface area (Å²) in [7, 11) is 2.47. The summed E-state index contributed by atoms with van der Waals surface area (Å²) < 4.78 is 9.73. The first kappa shape index (κ1) is 17.6. The number of benzene rings is 1. The maximum atomic E-state index is 12.5. The maximum absolute atomic E-state index is 12.5. The fourth-order valence-electron chi connectivity index (χ4n) is 2.95. The summed E-state index contributed by atoms with van der Waals surface area (Å²) in [4.78, 5) is 39.6. The standard InChI is InChI=1S/C16H15NO6S2/c1-22-14(19)10-9(7-5-3-4-6-8(7)18)11-13(17-16(21)25-11)24-12(10)15(20)23-2/h3-6,9-10,12,18H,1-2H3,(H,17,21)/t9-,10+,12+/m1/s1. The molecule has 132 valence electrons. The first-order chi connectivity index (χ1) is 12.0. The van der Waals surface area contributed by atoms with Gasteiger partial charge in [0.25, 0.3) is 0 Å². The molecule has 25 heavy (non-hydrogen) atoms. The zero-order valence-electron chi connectivity index (χ0n) is 13.3. The summed E-state index contributed by atoms with van der Waals surface area (Å²) in [6, 6.07) is 6.52. The Labute approximate surface area is 151 Å². The van der Waals surface area contributed by atoms with E-state index in [0.717, 1.165) is 23.1 Å². The third kappa shape index (κ3) is 3.05. The molecular formula is C16H15NO6S2. The molecule has 2 N–H and O–H groups in total. The van der Waals surface area contributed by atoms with Crippen LogP contribution in [0, 0.1) is 5.92 Å². The summed E-state index contributed by atoms with van der Waals surface area (Å²) >= 11 is 2.02. The van der Waals surface area contributed by atoms with Crippen molar-refractivity contribution in [2.45, 2.75) is 16.2 Å². The van der Waals surface area contributed by atoms with E-state index in [1.54, 1.807) is 18.2 Å². The minimum Gasteiger partial charge on any atom is -0.508 e. The highest BCUT2D eigenvalue weighted by atomic mass is 32.2. The highest BCUT2D eigenvalue weighted by molar-refractivity contribution is 8.00. The van der Waals surface area contributed by atoms with Gasteiger partial charge in [0.15, 0.2) is 0 Å². The fourth-order valence-corrected chi connectivity index (χ4v) is 5.44. The van der Waals surface area contributed by atoms with Crippen molar-refractivity contribution in [3.05, 3.63) is 44.4 Å². The van der Waals surface area contributed by atoms with Crippen molar-refractivity contribution in [2.24, 2.45) is 5.92 Å². The van der Waals surface area contributed by atoms with Crippen molar-refractivity contribution in [1.29, 1.82) is 0 Å². The molecule has 0 aliphatic carbocycles. The predicted octanol–water partition coefficient (Wildman–Crippen LogP) is 1.71. The predicted molar refractivity (Wildman–Crippen MR) is 92.1 cm³/mol. The Morgan fingerprint density at radius 1 is 1.16 bits per heavy atom. The second kappa shape index (κ2) is 6.93. The lowest BCUT2D eigenvalue weighted by Crippen LogP contribution is -2.40. The van der Waals surface area contributed by atoms with Crippen molar-refractivity contribution in [1.82, 2.24) is 4.98 Å². The van der Waals surface area contributed by atoms with E-state index in [1.807, 2.05) is 0 Å². The molecule has 1 aromatic carbocycles. The Morgan fingerprint density at radius 2 is 1.84 bits per heavy atom. The number of ether oxygens (including phenoxy) is 2. The first-order valence-corrected chi connectivity index (χ1v) is 9.00. The van der Waals surface area contributed by atoms with Crippen molar-refractivity contribution in [3.63, 3.8) is 0 Å². The number of carbonyl (C=O) groups is 2. The monoisotopic (exact) mass is 381 g/mol. The molecule has 1 aliphatic heterocycles. The molecule has 0 unspecified atom stereocenters. The van der Waals surface area contributed by atoms with Gasteiger partial charge in [0.1, 0.15) is 11.0 Å². The van der Waals surface area contributed by atoms with Crippen LogP contribution in [0.4, 0.5) is 0 Å². The van der Waals surface area contributed by atoms with Crippen LogP contribution in [0.5, 0.6) is 5.75 Å². The lowest BCUT2D eigenvalue weighted by Gasteiger charge is -2.34. The van der Waals surface area contributed by atoms with Crippen LogP contribution in [-0.4, -0.2) is 41.5 Å². The molecule has 1 aliphatic rings. The molecule has 1 aromatic heterocycles. The van der Waals surface area contributed by atoms with Gasteiger partial charge >= 0.3 is 16.8 Å². The van der Waals surface area contributed by atoms with Gasteiger partial charge in [0.2, 0.25) is 0 Å². The van der Waals surface area contributed by atoms with Crippen LogP contribution in [-0.2, 0) is 19.1 Å². The number of aromatic hydroxyl groups is 1. The molecule has 7 nitrogen and oxygen atoms in total. The lowest BCUT2D eigenvalue weighted by molar-refractivity contribution is -0.151. The van der Waals surface area contributed by atoms with Crippen molar-refractivity contribution >= 4 is 35.0 Å². The third-order valence-corrected chi connectivity index (χ3v) is 6.43. The molecule has 9 heteroatoms. The third-order valence-electron chi connectivity index (χ3n) is 4.03. The van der Waals surface area contributed by atoms with Gasteiger partial charge in [-0.3, -0.25) is 14.4 Å². The van der Waals surface area contributed by atoms with Crippen LogP contribution in [0.2, 0.25) is 0 Å². The van der Waals surface area contributed by atoms with Crippen molar-refractivity contribution < 1.29 is 24.2 Å². The normalized spacial score (nSPS) is 22.1. The molecular weight excluding hydrogens is 366 g/mol. The number of H-pyrrole nitrogens is 1. The van der Waals surface area contributed by atoms with Crippen LogP contribution in [0.1, 0.15) is 16.4 Å². The number of aromatic amines is 1. The minimum absolute atomic E-state index is 0.0243. The zero-order chi connectivity index (χ0) is 18.1. The fraction of sp³-hybridized carbons (Fsp3) is 0.312. The zero-order valence-corrected chi connectivity index (χ0v) is 15.0. The van der Waals surface area contributed by atoms with Crippen molar-refractivity contribution in [3.8, 4) is 5.75 Å². The number of esters is 2. The van der Waals surface area contributed by atoms with Gasteiger partial charge in [-0.1, -0.05) is 41.3 Å². The molecule has 2 heterocycles. The maximum Gasteiger partial charge on any atom is 0.320 e. The summed E-state index contributed by atoms with van der Waals surface area (Å²) in [6.07, 6.45) is 0. The van der Waals surface area contributed by atoms with Gasteiger partial charge in [-0.2, -0.15) is 0 Å². The molecule has 0 saturated heterocycles. The number of phenols is 1. The highest BCUT2D eigenvalue weighted by Gasteiger charge is 2.49. The van der Waals surface area contributed by atoms with Gasteiger partial charge < -0.3 is 19.6 Å². The van der Waals surface area contributed by atoms with Crippen molar-refractivity contribution in [2.75, 3.05) is 14.2 Å². The number of fused-ring (bicyclic) bond motifs is 1. The second-order valence-electron chi connectivity index (χ2n) is 5.35. The number of phenolic OH excluding ortho intramolecular Hbond substituents is 1. The SMILES string of the molecule is COC(=O)[C@H]1[C@@H](c2ccccc2O)c2sc(=O)[nH]c2S[C@@H]1C(=O)OC. The summed E-state index contributed by atoms with van der Waals surface area (Å²) in [5.41, 5.74) is 0.448. The number of thiazole rings is 1. The summed E-state index contributed by atoms with van der Waals surface area (Å²) in [5.74, 6) is -2.86. The number of para-hydroxylation sites is 1. The number of hydrogen-bond donors (Lipinski definition) is 2. The number of nitrogens with one attached hydrogen (secondary N) is 1. The molecule has 0 spiro atoms. The van der Waals surface area contributed by atoms with Crippen LogP contribution < -0.4 is 4.87 Å². The molecule has 0 fully saturated rings. The first-order valence-electron chi connectivity index (χ1n) is 7.31. The van der Waals surface area contributed by atoms with E-state index in [0.29, 0.717) is 15.5 Å². The number of thioether (sulfide) groups is 1. The van der Waals surface area contributed by atoms with Gasteiger partial charge in [0, 0.05) is 16.4 Å². The van der Waals surface area contributed by atoms with E-state index in [1.165, 1.54) is 20.3 Å². The Balaban J connectivity index is 2.24. The van der Waals surface area contributed by atoms with E-state index in [4.69, 9.17) is 9.47 Å². The number of carbonyl (C=O) groups excluding carboxylic acids is 2. The number of rotatable bonds is 3. The van der Waals surface area contributed by atoms with Crippen LogP contribution in [0.25, 0.3) is 0 Å². The summed E-state index contributed by atoms with van der Waals surface area (Å²) in [5, 5.41) is 9.89. The molecule has 3 rings (SSSR count). The molecule has 0 radical (unpaired) electrons. The van der Waals surface area contributed by atoms with E-state index < -0.39 is 29.0 Å². The largest absolute Gasteiger partial charge is 0.508 e. The quantitative estimate of drug-likeness (QED) is 0.780. The Morgan fingerprint density at radius 3 is 2.48 bits per heavy atom. The minimum atomic E-state index is -0.935. The van der Waals surface area contributed by atoms with E-state index in [-0.39, 0.29) is 10.6 Å². The van der Waals surface area contributed by atoms with E-state index in [9.17, 15) is 19.5 Å². The van der Waals surface area contributed by atoms with E-state index >= 15 is 0 Å². The summed E-state index contributed by atoms with van der Waals surface area (Å²) in [6.45, 7) is 0. The van der Waals surface area contributed by atoms with Crippen LogP contribution in [0.3, 0.4) is 0 Å². The van der Waals surface area contributed by atoms with Crippen LogP contribution >= 0.6 is 23.1 Å². The number of hydrogen-bond acceptors (Lipinski definition) is 8. The Bertz CT molecular complexity index is 874. The second-order valence-corrected chi connectivity index (χ2v) is 7.52. The smallest absolute Gasteiger partial charge is 0.320 e. The molecule has 2 aromatic rings. The Kier molecular flexibility index (Phi) is 4.87. The molecule has 3 atom stereocenters. The number of methoxy groups -OCH3 is 2. The average molecular weight is 381 g/mol. The molecule has 0 saturated carbocycles. The van der Waals surface area contributed by atoms with E-state index in [2.05, 4.69) is 4.98 Å². The highest BCUT2D eigenvalue weighted by Crippen LogP contribution is 2.51.